The van der Waals surface area contributed by atoms with Crippen LogP contribution in [0.4, 0.5) is 0 Å². The van der Waals surface area contributed by atoms with E-state index in [1.807, 2.05) is 18.2 Å². The fraction of sp³-hybridized carbons (Fsp3) is 0.636. The van der Waals surface area contributed by atoms with Crippen molar-refractivity contribution in [1.82, 2.24) is 10.2 Å². The maximum atomic E-state index is 12.6. The molecule has 0 radical (unpaired) electrons. The van der Waals surface area contributed by atoms with Crippen molar-refractivity contribution in [2.75, 3.05) is 13.1 Å². The summed E-state index contributed by atoms with van der Waals surface area (Å²) >= 11 is 0. The lowest BCUT2D eigenvalue weighted by Gasteiger charge is -2.44. The van der Waals surface area contributed by atoms with Crippen LogP contribution in [0.2, 0.25) is 0 Å². The van der Waals surface area contributed by atoms with Crippen molar-refractivity contribution in [1.29, 1.82) is 0 Å². The van der Waals surface area contributed by atoms with Crippen LogP contribution in [-0.2, 0) is 16.0 Å². The molecule has 1 aliphatic carbocycles. The van der Waals surface area contributed by atoms with Crippen LogP contribution in [0.15, 0.2) is 30.3 Å². The lowest BCUT2D eigenvalue weighted by Crippen LogP contribution is -2.50. The van der Waals surface area contributed by atoms with Gasteiger partial charge in [-0.25, -0.2) is 0 Å². The number of nitrogens with one attached hydrogen (secondary N) is 1. The average Bonchev–Trinajstić information content (AvgIpc) is 2.68. The minimum absolute atomic E-state index is 0.0583. The van der Waals surface area contributed by atoms with Gasteiger partial charge in [0.15, 0.2) is 0 Å². The van der Waals surface area contributed by atoms with Gasteiger partial charge in [0.25, 0.3) is 0 Å². The predicted octanol–water partition coefficient (Wildman–Crippen LogP) is 3.70. The van der Waals surface area contributed by atoms with Crippen LogP contribution < -0.4 is 5.32 Å². The summed E-state index contributed by atoms with van der Waals surface area (Å²) < 4.78 is 0. The molecule has 0 spiro atoms. The molecule has 1 saturated carbocycles. The quantitative estimate of drug-likeness (QED) is 0.810. The van der Waals surface area contributed by atoms with Gasteiger partial charge in [-0.1, -0.05) is 43.2 Å². The average molecular weight is 357 g/mol. The number of carbonyl (C=O) groups excluding carboxylic acids is 2. The normalized spacial score (nSPS) is 22.5. The number of nitrogens with zero attached hydrogens (tertiary/aromatic N) is 1. The van der Waals surface area contributed by atoms with Crippen LogP contribution in [0.25, 0.3) is 0 Å². The molecule has 2 aliphatic rings. The minimum Gasteiger partial charge on any atom is -0.356 e. The summed E-state index contributed by atoms with van der Waals surface area (Å²) in [6, 6.07) is 10.7. The lowest BCUT2D eigenvalue weighted by atomic mass is 9.78. The van der Waals surface area contributed by atoms with Crippen LogP contribution in [0, 0.1) is 5.92 Å². The van der Waals surface area contributed by atoms with E-state index >= 15 is 0 Å². The molecule has 1 saturated heterocycles. The first-order chi connectivity index (χ1) is 12.7. The number of hydrogen-bond acceptors (Lipinski definition) is 2. The first-order valence-electron chi connectivity index (χ1n) is 10.3. The second kappa shape index (κ2) is 9.75. The first kappa shape index (κ1) is 18.9. The predicted molar refractivity (Wildman–Crippen MR) is 104 cm³/mol. The summed E-state index contributed by atoms with van der Waals surface area (Å²) in [6.07, 6.45) is 10.2. The Morgan fingerprint density at radius 2 is 1.77 bits per heavy atom. The number of hydrogen-bond donors (Lipinski definition) is 1. The Kier molecular flexibility index (Phi) is 7.10. The number of benzene rings is 1. The highest BCUT2D eigenvalue weighted by molar-refractivity contribution is 5.79. The molecule has 142 valence electrons. The fourth-order valence-electron chi connectivity index (χ4n) is 4.57. The largest absolute Gasteiger partial charge is 0.356 e. The van der Waals surface area contributed by atoms with E-state index in [4.69, 9.17) is 0 Å². The van der Waals surface area contributed by atoms with Gasteiger partial charge in [-0.3, -0.25) is 9.59 Å². The molecule has 4 nitrogen and oxygen atoms in total. The lowest BCUT2D eigenvalue weighted by molar-refractivity contribution is -0.137. The van der Waals surface area contributed by atoms with Gasteiger partial charge in [-0.05, 0) is 50.0 Å². The summed E-state index contributed by atoms with van der Waals surface area (Å²) in [5.74, 6) is 1.00. The van der Waals surface area contributed by atoms with Crippen LogP contribution in [-0.4, -0.2) is 35.8 Å². The summed E-state index contributed by atoms with van der Waals surface area (Å²) in [5, 5.41) is 2.92. The van der Waals surface area contributed by atoms with Crippen molar-refractivity contribution in [2.45, 2.75) is 70.3 Å². The standard InChI is InChI=1S/C22H32N2O2/c25-21(14-6-10-18-8-2-1-3-9-18)23-16-15-22(26)24-17-7-12-19-11-4-5-13-20(19)24/h1-3,8-9,19-20H,4-7,10-17H2,(H,23,25). The van der Waals surface area contributed by atoms with Crippen molar-refractivity contribution in [3.05, 3.63) is 35.9 Å². The molecule has 1 heterocycles. The molecule has 2 unspecified atom stereocenters. The molecule has 4 heteroatoms. The van der Waals surface area contributed by atoms with E-state index in [0.717, 1.165) is 25.8 Å². The minimum atomic E-state index is 0.0583. The molecular formula is C22H32N2O2. The molecule has 2 amide bonds. The van der Waals surface area contributed by atoms with Crippen molar-refractivity contribution < 1.29 is 9.59 Å². The van der Waals surface area contributed by atoms with E-state index in [0.29, 0.717) is 31.3 Å². The molecule has 26 heavy (non-hydrogen) atoms. The Balaban J connectivity index is 1.33. The molecule has 3 rings (SSSR count). The van der Waals surface area contributed by atoms with Gasteiger partial charge in [0.05, 0.1) is 0 Å². The summed E-state index contributed by atoms with van der Waals surface area (Å²) in [5.41, 5.74) is 1.27. The number of carbonyl (C=O) groups is 2. The van der Waals surface area contributed by atoms with Crippen molar-refractivity contribution in [3.8, 4) is 0 Å². The van der Waals surface area contributed by atoms with Gasteiger partial charge in [-0.2, -0.15) is 0 Å². The Bertz CT molecular complexity index is 585. The number of likely N-dealkylation sites (tertiary alicyclic amines) is 1. The highest BCUT2D eigenvalue weighted by Crippen LogP contribution is 2.35. The van der Waals surface area contributed by atoms with E-state index in [1.54, 1.807) is 0 Å². The SMILES string of the molecule is O=C(CCCc1ccccc1)NCCC(=O)N1CCCC2CCCCC21. The number of fused-ring (bicyclic) bond motifs is 1. The van der Waals surface area contributed by atoms with E-state index in [2.05, 4.69) is 22.3 Å². The highest BCUT2D eigenvalue weighted by atomic mass is 16.2. The molecule has 1 N–H and O–H groups in total. The second-order valence-electron chi connectivity index (χ2n) is 7.78. The smallest absolute Gasteiger partial charge is 0.224 e. The molecule has 1 aliphatic heterocycles. The zero-order valence-electron chi connectivity index (χ0n) is 15.8. The second-order valence-corrected chi connectivity index (χ2v) is 7.78. The van der Waals surface area contributed by atoms with Gasteiger partial charge < -0.3 is 10.2 Å². The zero-order chi connectivity index (χ0) is 18.2. The number of amides is 2. The summed E-state index contributed by atoms with van der Waals surface area (Å²) in [6.45, 7) is 1.38. The maximum absolute atomic E-state index is 12.6. The first-order valence-corrected chi connectivity index (χ1v) is 10.3. The van der Waals surface area contributed by atoms with Crippen molar-refractivity contribution in [3.63, 3.8) is 0 Å². The topological polar surface area (TPSA) is 49.4 Å². The zero-order valence-corrected chi connectivity index (χ0v) is 15.8. The Labute approximate surface area is 157 Å². The molecule has 1 aromatic carbocycles. The van der Waals surface area contributed by atoms with E-state index < -0.39 is 0 Å². The maximum Gasteiger partial charge on any atom is 0.224 e. The van der Waals surface area contributed by atoms with Gasteiger partial charge in [0, 0.05) is 32.0 Å². The van der Waals surface area contributed by atoms with E-state index in [-0.39, 0.29) is 11.8 Å². The third-order valence-corrected chi connectivity index (χ3v) is 5.94. The highest BCUT2D eigenvalue weighted by Gasteiger charge is 2.35. The monoisotopic (exact) mass is 356 g/mol. The number of rotatable bonds is 7. The van der Waals surface area contributed by atoms with E-state index in [9.17, 15) is 9.59 Å². The van der Waals surface area contributed by atoms with Gasteiger partial charge >= 0.3 is 0 Å². The molecule has 0 aromatic heterocycles. The Morgan fingerprint density at radius 1 is 1.00 bits per heavy atom. The number of piperidine rings is 1. The van der Waals surface area contributed by atoms with Crippen LogP contribution in [0.1, 0.15) is 63.4 Å². The molecule has 0 bridgehead atoms. The van der Waals surface area contributed by atoms with Gasteiger partial charge in [-0.15, -0.1) is 0 Å². The molecule has 2 fully saturated rings. The van der Waals surface area contributed by atoms with Crippen molar-refractivity contribution in [2.24, 2.45) is 5.92 Å². The van der Waals surface area contributed by atoms with Crippen molar-refractivity contribution >= 4 is 11.8 Å². The van der Waals surface area contributed by atoms with Crippen LogP contribution >= 0.6 is 0 Å². The third kappa shape index (κ3) is 5.33. The molecule has 1 aromatic rings. The Hall–Kier alpha value is -1.84. The summed E-state index contributed by atoms with van der Waals surface area (Å²) in [7, 11) is 0. The Morgan fingerprint density at radius 3 is 2.62 bits per heavy atom. The number of aryl methyl sites for hydroxylation is 1. The fourth-order valence-corrected chi connectivity index (χ4v) is 4.57. The molecule has 2 atom stereocenters. The van der Waals surface area contributed by atoms with E-state index in [1.165, 1.54) is 37.7 Å². The molecular weight excluding hydrogens is 324 g/mol. The van der Waals surface area contributed by atoms with Crippen LogP contribution in [0.3, 0.4) is 0 Å². The third-order valence-electron chi connectivity index (χ3n) is 5.94. The summed E-state index contributed by atoms with van der Waals surface area (Å²) in [4.78, 5) is 26.7. The van der Waals surface area contributed by atoms with Gasteiger partial charge in [0.1, 0.15) is 0 Å². The van der Waals surface area contributed by atoms with Crippen LogP contribution in [0.5, 0.6) is 0 Å². The van der Waals surface area contributed by atoms with Gasteiger partial charge in [0.2, 0.25) is 11.8 Å².